The van der Waals surface area contributed by atoms with Gasteiger partial charge in [0.1, 0.15) is 12.2 Å². The van der Waals surface area contributed by atoms with Crippen molar-refractivity contribution in [3.05, 3.63) is 43.7 Å². The maximum Gasteiger partial charge on any atom is 0.330 e. The van der Waals surface area contributed by atoms with Crippen molar-refractivity contribution in [1.82, 2.24) is 14.9 Å². The first kappa shape index (κ1) is 21.5. The van der Waals surface area contributed by atoms with Crippen molar-refractivity contribution in [3.63, 3.8) is 0 Å². The Kier molecular flexibility index (Phi) is 4.58. The molecule has 2 fully saturated rings. The molecule has 166 valence electrons. The first-order valence-electron chi connectivity index (χ1n) is 9.75. The van der Waals surface area contributed by atoms with E-state index in [0.29, 0.717) is 17.8 Å². The second-order valence-corrected chi connectivity index (χ2v) is 15.7. The average Bonchev–Trinajstić information content (AvgIpc) is 3.14. The Bertz CT molecular complexity index is 1150. The number of H-pyrrole nitrogens is 1. The molecular weight excluding hydrogens is 430 g/mol. The molecule has 4 rings (SSSR count). The van der Waals surface area contributed by atoms with Crippen LogP contribution in [0.25, 0.3) is 0 Å². The van der Waals surface area contributed by atoms with E-state index in [0.717, 1.165) is 5.41 Å². The largest absolute Gasteiger partial charge is 0.406 e. The van der Waals surface area contributed by atoms with E-state index in [1.807, 2.05) is 13.1 Å². The normalized spacial score (nSPS) is 32.5. The molecule has 0 unspecified atom stereocenters. The van der Waals surface area contributed by atoms with Crippen LogP contribution >= 0.6 is 0 Å². The lowest BCUT2D eigenvalue weighted by molar-refractivity contribution is -0.0357. The van der Waals surface area contributed by atoms with Crippen LogP contribution in [0, 0.1) is 6.92 Å². The number of nitrogens with one attached hydrogen (secondary N) is 2. The van der Waals surface area contributed by atoms with Gasteiger partial charge in [0.15, 0.2) is 20.1 Å². The van der Waals surface area contributed by atoms with Crippen LogP contribution in [0.5, 0.6) is 0 Å². The number of aromatic amines is 1. The van der Waals surface area contributed by atoms with Crippen LogP contribution in [0.4, 0.5) is 0 Å². The molecule has 3 aliphatic rings. The molecule has 2 saturated heterocycles. The maximum absolute atomic E-state index is 12.6. The summed E-state index contributed by atoms with van der Waals surface area (Å²) in [6.45, 7) is 12.1. The van der Waals surface area contributed by atoms with Crippen molar-refractivity contribution < 1.29 is 21.8 Å². The Balaban J connectivity index is 1.88. The zero-order chi connectivity index (χ0) is 22.3. The molecule has 0 aliphatic carbocycles. The molecule has 0 radical (unpaired) electrons. The van der Waals surface area contributed by atoms with Gasteiger partial charge in [-0.05, 0) is 25.1 Å². The van der Waals surface area contributed by atoms with Crippen molar-refractivity contribution in [2.24, 2.45) is 0 Å². The second kappa shape index (κ2) is 6.39. The third-order valence-electron chi connectivity index (χ3n) is 6.53. The van der Waals surface area contributed by atoms with Crippen molar-refractivity contribution in [2.45, 2.75) is 69.9 Å². The summed E-state index contributed by atoms with van der Waals surface area (Å²) in [5, 5.41) is 3.92. The zero-order valence-corrected chi connectivity index (χ0v) is 19.6. The lowest BCUT2D eigenvalue weighted by Crippen LogP contribution is -2.55. The number of hydrogen-bond acceptors (Lipinski definition) is 8. The molecular formula is C18H27N3O7SSi. The molecule has 2 N–H and O–H groups in total. The molecule has 4 heterocycles. The summed E-state index contributed by atoms with van der Waals surface area (Å²) < 4.78 is 44.4. The van der Waals surface area contributed by atoms with Gasteiger partial charge in [-0.25, -0.2) is 8.98 Å². The summed E-state index contributed by atoms with van der Waals surface area (Å²) in [5.74, 6) is 0. The Morgan fingerprint density at radius 2 is 1.97 bits per heavy atom. The topological polar surface area (TPSA) is 129 Å². The highest BCUT2D eigenvalue weighted by atomic mass is 32.2. The van der Waals surface area contributed by atoms with Gasteiger partial charge in [-0.2, -0.15) is 8.42 Å². The van der Waals surface area contributed by atoms with Crippen LogP contribution in [-0.4, -0.2) is 50.6 Å². The summed E-state index contributed by atoms with van der Waals surface area (Å²) >= 11 is 0. The van der Waals surface area contributed by atoms with Gasteiger partial charge in [-0.3, -0.25) is 14.3 Å². The molecule has 30 heavy (non-hydrogen) atoms. The smallest absolute Gasteiger partial charge is 0.330 e. The Morgan fingerprint density at radius 1 is 1.30 bits per heavy atom. The van der Waals surface area contributed by atoms with Gasteiger partial charge in [0.05, 0.1) is 11.1 Å². The van der Waals surface area contributed by atoms with Gasteiger partial charge in [0.2, 0.25) is 0 Å². The van der Waals surface area contributed by atoms with E-state index in [1.54, 1.807) is 6.92 Å². The third kappa shape index (κ3) is 3.04. The molecule has 1 spiro atoms. The standard InChI is InChI=1S/C18H27N3O7SSi/c1-10-8-21(16(23)20-14(10)22)15-13(27-30(5,6)17(2,3)4)18-11(9-29(24,25)28-18)19-7-12(18)26-15/h8-9,12-13,15,19H,7H2,1-6H3,(H,20,22,23)/t12-,13+,15-,18-/m1/s1. The first-order chi connectivity index (χ1) is 13.7. The van der Waals surface area contributed by atoms with Crippen LogP contribution in [-0.2, 0) is 23.5 Å². The highest BCUT2D eigenvalue weighted by Gasteiger charge is 2.69. The van der Waals surface area contributed by atoms with Crippen molar-refractivity contribution in [3.8, 4) is 0 Å². The fraction of sp³-hybridized carbons (Fsp3) is 0.667. The van der Waals surface area contributed by atoms with Crippen LogP contribution in [0.15, 0.2) is 26.9 Å². The molecule has 0 aromatic carbocycles. The summed E-state index contributed by atoms with van der Waals surface area (Å²) in [7, 11) is -6.39. The number of rotatable bonds is 3. The minimum absolute atomic E-state index is 0.189. The molecule has 12 heteroatoms. The summed E-state index contributed by atoms with van der Waals surface area (Å²) in [4.78, 5) is 26.7. The predicted octanol–water partition coefficient (Wildman–Crippen LogP) is 0.676. The van der Waals surface area contributed by atoms with E-state index < -0.39 is 53.7 Å². The molecule has 10 nitrogen and oxygen atoms in total. The molecule has 4 atom stereocenters. The van der Waals surface area contributed by atoms with E-state index in [9.17, 15) is 18.0 Å². The van der Waals surface area contributed by atoms with Crippen molar-refractivity contribution in [1.29, 1.82) is 0 Å². The van der Waals surface area contributed by atoms with Crippen molar-refractivity contribution in [2.75, 3.05) is 6.54 Å². The SMILES string of the molecule is Cc1cn([C@@H]2O[C@@H]3CNC4=CS(=O)(=O)O[C@]43[C@H]2O[Si](C)(C)C(C)(C)C)c(=O)[nH]c1=O. The third-order valence-corrected chi connectivity index (χ3v) is 12.0. The fourth-order valence-electron chi connectivity index (χ4n) is 3.87. The van der Waals surface area contributed by atoms with Crippen LogP contribution < -0.4 is 16.6 Å². The van der Waals surface area contributed by atoms with Crippen molar-refractivity contribution >= 4 is 18.4 Å². The van der Waals surface area contributed by atoms with Gasteiger partial charge in [-0.15, -0.1) is 0 Å². The van der Waals surface area contributed by atoms with Gasteiger partial charge < -0.3 is 14.5 Å². The maximum atomic E-state index is 12.6. The van der Waals surface area contributed by atoms with E-state index in [4.69, 9.17) is 13.3 Å². The number of aromatic nitrogens is 2. The number of ether oxygens (including phenoxy) is 1. The highest BCUT2D eigenvalue weighted by Crippen LogP contribution is 2.53. The van der Waals surface area contributed by atoms with E-state index in [1.165, 1.54) is 10.8 Å². The van der Waals surface area contributed by atoms with Gasteiger partial charge in [0, 0.05) is 18.3 Å². The molecule has 3 aliphatic heterocycles. The monoisotopic (exact) mass is 457 g/mol. The Labute approximate surface area is 175 Å². The van der Waals surface area contributed by atoms with Crippen LogP contribution in [0.3, 0.4) is 0 Å². The van der Waals surface area contributed by atoms with Gasteiger partial charge in [-0.1, -0.05) is 20.8 Å². The van der Waals surface area contributed by atoms with E-state index >= 15 is 0 Å². The number of hydrogen-bond donors (Lipinski definition) is 2. The number of aryl methyl sites for hydroxylation is 1. The predicted molar refractivity (Wildman–Crippen MR) is 111 cm³/mol. The van der Waals surface area contributed by atoms with Crippen LogP contribution in [0.2, 0.25) is 18.1 Å². The van der Waals surface area contributed by atoms with E-state index in [2.05, 4.69) is 31.1 Å². The Morgan fingerprint density at radius 3 is 2.60 bits per heavy atom. The Hall–Kier alpha value is -1.73. The van der Waals surface area contributed by atoms with E-state index in [-0.39, 0.29) is 5.04 Å². The summed E-state index contributed by atoms with van der Waals surface area (Å²) in [5.41, 5.74) is -1.85. The molecule has 0 amide bonds. The minimum Gasteiger partial charge on any atom is -0.406 e. The van der Waals surface area contributed by atoms with Gasteiger partial charge >= 0.3 is 5.69 Å². The summed E-state index contributed by atoms with van der Waals surface area (Å²) in [6, 6.07) is 0. The minimum atomic E-state index is -3.94. The lowest BCUT2D eigenvalue weighted by Gasteiger charge is -2.42. The lowest BCUT2D eigenvalue weighted by atomic mass is 9.92. The summed E-state index contributed by atoms with van der Waals surface area (Å²) in [6.07, 6.45) is -1.15. The van der Waals surface area contributed by atoms with Crippen LogP contribution in [0.1, 0.15) is 32.6 Å². The quantitative estimate of drug-likeness (QED) is 0.501. The zero-order valence-electron chi connectivity index (χ0n) is 17.8. The first-order valence-corrected chi connectivity index (χ1v) is 14.1. The van der Waals surface area contributed by atoms with Gasteiger partial charge in [0.25, 0.3) is 15.7 Å². The molecule has 1 aromatic heterocycles. The average molecular weight is 458 g/mol. The fourth-order valence-corrected chi connectivity index (χ4v) is 6.43. The number of nitrogens with zero attached hydrogens (tertiary/aromatic N) is 1. The molecule has 1 aromatic rings. The molecule has 0 saturated carbocycles. The second-order valence-electron chi connectivity index (χ2n) is 9.57. The highest BCUT2D eigenvalue weighted by molar-refractivity contribution is 7.90. The molecule has 0 bridgehead atoms.